The molecule has 122 valence electrons. The van der Waals surface area contributed by atoms with Crippen LogP contribution in [0, 0.1) is 25.5 Å². The van der Waals surface area contributed by atoms with E-state index in [-0.39, 0.29) is 17.7 Å². The van der Waals surface area contributed by atoms with Crippen LogP contribution in [0.1, 0.15) is 47.6 Å². The van der Waals surface area contributed by atoms with E-state index < -0.39 is 0 Å². The number of halogens is 2. The van der Waals surface area contributed by atoms with Gasteiger partial charge in [-0.25, -0.2) is 8.78 Å². The van der Waals surface area contributed by atoms with Crippen molar-refractivity contribution in [3.05, 3.63) is 70.3 Å². The fraction of sp³-hybridized carbons (Fsp3) is 0.400. The maximum atomic E-state index is 13.7. The van der Waals surface area contributed by atoms with Gasteiger partial charge in [0.25, 0.3) is 0 Å². The molecule has 0 atom stereocenters. The zero-order valence-corrected chi connectivity index (χ0v) is 13.8. The lowest BCUT2D eigenvalue weighted by atomic mass is 9.93. The maximum Gasteiger partial charge on any atom is 0.126 e. The van der Waals surface area contributed by atoms with Gasteiger partial charge in [0.2, 0.25) is 0 Å². The van der Waals surface area contributed by atoms with Crippen molar-refractivity contribution < 1.29 is 8.78 Å². The van der Waals surface area contributed by atoms with Crippen molar-refractivity contribution in [2.75, 3.05) is 13.1 Å². The predicted octanol–water partition coefficient (Wildman–Crippen LogP) is 5.16. The summed E-state index contributed by atoms with van der Waals surface area (Å²) in [5.41, 5.74) is 3.47. The molecule has 2 aromatic carbocycles. The van der Waals surface area contributed by atoms with E-state index >= 15 is 0 Å². The number of hydrogen-bond acceptors (Lipinski definition) is 1. The molecule has 2 aromatic rings. The van der Waals surface area contributed by atoms with Gasteiger partial charge in [-0.15, -0.1) is 0 Å². The van der Waals surface area contributed by atoms with Gasteiger partial charge in [0.05, 0.1) is 6.04 Å². The Labute approximate surface area is 136 Å². The molecule has 0 bridgehead atoms. The van der Waals surface area contributed by atoms with E-state index in [2.05, 4.69) is 4.90 Å². The molecule has 0 spiro atoms. The maximum absolute atomic E-state index is 13.7. The van der Waals surface area contributed by atoms with Gasteiger partial charge in [-0.3, -0.25) is 4.90 Å². The molecule has 0 radical (unpaired) electrons. The van der Waals surface area contributed by atoms with E-state index in [9.17, 15) is 8.78 Å². The Kier molecular flexibility index (Phi) is 4.76. The second kappa shape index (κ2) is 6.79. The SMILES string of the molecule is Cc1cc(C(c2ccc(F)c(C)c2)N2CCCCC2)ccc1F. The summed E-state index contributed by atoms with van der Waals surface area (Å²) in [5.74, 6) is -0.358. The number of hydrogen-bond donors (Lipinski definition) is 0. The summed E-state index contributed by atoms with van der Waals surface area (Å²) < 4.78 is 27.3. The zero-order valence-electron chi connectivity index (χ0n) is 13.8. The summed E-state index contributed by atoms with van der Waals surface area (Å²) in [5, 5.41) is 0. The molecule has 3 rings (SSSR count). The second-order valence-corrected chi connectivity index (χ2v) is 6.52. The van der Waals surface area contributed by atoms with Gasteiger partial charge in [0.1, 0.15) is 11.6 Å². The number of nitrogens with zero attached hydrogens (tertiary/aromatic N) is 1. The number of rotatable bonds is 3. The smallest absolute Gasteiger partial charge is 0.126 e. The number of aryl methyl sites for hydroxylation is 2. The molecule has 23 heavy (non-hydrogen) atoms. The Hall–Kier alpha value is -1.74. The fourth-order valence-corrected chi connectivity index (χ4v) is 3.47. The molecule has 0 N–H and O–H groups in total. The van der Waals surface area contributed by atoms with Crippen LogP contribution in [-0.4, -0.2) is 18.0 Å². The Morgan fingerprint density at radius 2 is 1.26 bits per heavy atom. The van der Waals surface area contributed by atoms with E-state index in [1.165, 1.54) is 31.4 Å². The van der Waals surface area contributed by atoms with Crippen LogP contribution in [0.15, 0.2) is 36.4 Å². The predicted molar refractivity (Wildman–Crippen MR) is 89.5 cm³/mol. The van der Waals surface area contributed by atoms with E-state index in [1.54, 1.807) is 13.8 Å². The van der Waals surface area contributed by atoms with Crippen molar-refractivity contribution in [3.8, 4) is 0 Å². The molecule has 0 saturated carbocycles. The molecule has 0 amide bonds. The molecular weight excluding hydrogens is 292 g/mol. The van der Waals surface area contributed by atoms with Crippen LogP contribution in [0.4, 0.5) is 8.78 Å². The van der Waals surface area contributed by atoms with Gasteiger partial charge < -0.3 is 0 Å². The van der Waals surface area contributed by atoms with Crippen molar-refractivity contribution in [1.29, 1.82) is 0 Å². The molecule has 0 aliphatic carbocycles. The van der Waals surface area contributed by atoms with Crippen LogP contribution >= 0.6 is 0 Å². The van der Waals surface area contributed by atoms with Crippen LogP contribution in [-0.2, 0) is 0 Å². The molecular formula is C20H23F2N. The van der Waals surface area contributed by atoms with Crippen LogP contribution in [0.5, 0.6) is 0 Å². The average molecular weight is 315 g/mol. The minimum Gasteiger partial charge on any atom is -0.292 e. The molecule has 3 heteroatoms. The molecule has 1 fully saturated rings. The van der Waals surface area contributed by atoms with Gasteiger partial charge in [-0.1, -0.05) is 30.7 Å². The summed E-state index contributed by atoms with van der Waals surface area (Å²) in [6.45, 7) is 5.64. The van der Waals surface area contributed by atoms with Gasteiger partial charge in [0, 0.05) is 0 Å². The number of piperidine rings is 1. The third-order valence-electron chi connectivity index (χ3n) is 4.75. The largest absolute Gasteiger partial charge is 0.292 e. The molecule has 1 saturated heterocycles. The van der Waals surface area contributed by atoms with Crippen LogP contribution < -0.4 is 0 Å². The van der Waals surface area contributed by atoms with Crippen LogP contribution in [0.25, 0.3) is 0 Å². The lowest BCUT2D eigenvalue weighted by molar-refractivity contribution is 0.187. The lowest BCUT2D eigenvalue weighted by Gasteiger charge is -2.35. The summed E-state index contributed by atoms with van der Waals surface area (Å²) in [4.78, 5) is 2.43. The molecule has 1 aliphatic rings. The third-order valence-corrected chi connectivity index (χ3v) is 4.75. The second-order valence-electron chi connectivity index (χ2n) is 6.52. The van der Waals surface area contributed by atoms with Gasteiger partial charge in [-0.05, 0) is 74.2 Å². The minimum absolute atomic E-state index is 0.0638. The quantitative estimate of drug-likeness (QED) is 0.756. The normalized spacial score (nSPS) is 16.0. The fourth-order valence-electron chi connectivity index (χ4n) is 3.47. The van der Waals surface area contributed by atoms with Gasteiger partial charge in [0.15, 0.2) is 0 Å². The first-order chi connectivity index (χ1) is 11.1. The molecule has 0 unspecified atom stereocenters. The van der Waals surface area contributed by atoms with Crippen LogP contribution in [0.3, 0.4) is 0 Å². The Morgan fingerprint density at radius 3 is 1.70 bits per heavy atom. The van der Waals surface area contributed by atoms with Crippen molar-refractivity contribution >= 4 is 0 Å². The molecule has 1 aliphatic heterocycles. The Bertz CT molecular complexity index is 639. The highest BCUT2D eigenvalue weighted by atomic mass is 19.1. The summed E-state index contributed by atoms with van der Waals surface area (Å²) in [6.07, 6.45) is 3.61. The first kappa shape index (κ1) is 16.1. The first-order valence-electron chi connectivity index (χ1n) is 8.32. The summed E-state index contributed by atoms with van der Waals surface area (Å²) >= 11 is 0. The molecule has 1 heterocycles. The van der Waals surface area contributed by atoms with Crippen molar-refractivity contribution in [2.45, 2.75) is 39.2 Å². The van der Waals surface area contributed by atoms with Crippen molar-refractivity contribution in [2.24, 2.45) is 0 Å². The van der Waals surface area contributed by atoms with Crippen LogP contribution in [0.2, 0.25) is 0 Å². The zero-order chi connectivity index (χ0) is 16.4. The minimum atomic E-state index is -0.179. The standard InChI is InChI=1S/C20H23F2N/c1-14-12-16(6-8-18(14)21)20(23-10-4-3-5-11-23)17-7-9-19(22)15(2)13-17/h6-9,12-13,20H,3-5,10-11H2,1-2H3. The topological polar surface area (TPSA) is 3.24 Å². The number of benzene rings is 2. The van der Waals surface area contributed by atoms with Crippen molar-refractivity contribution in [3.63, 3.8) is 0 Å². The third kappa shape index (κ3) is 3.45. The highest BCUT2D eigenvalue weighted by Gasteiger charge is 2.24. The van der Waals surface area contributed by atoms with Crippen molar-refractivity contribution in [1.82, 2.24) is 4.90 Å². The van der Waals surface area contributed by atoms with Gasteiger partial charge in [-0.2, -0.15) is 0 Å². The Morgan fingerprint density at radius 1 is 0.783 bits per heavy atom. The van der Waals surface area contributed by atoms with E-state index in [1.807, 2.05) is 24.3 Å². The lowest BCUT2D eigenvalue weighted by Crippen LogP contribution is -2.34. The number of likely N-dealkylation sites (tertiary alicyclic amines) is 1. The summed E-state index contributed by atoms with van der Waals surface area (Å²) in [7, 11) is 0. The highest BCUT2D eigenvalue weighted by molar-refractivity contribution is 5.37. The molecule has 1 nitrogen and oxygen atoms in total. The average Bonchev–Trinajstić information content (AvgIpc) is 2.55. The van der Waals surface area contributed by atoms with E-state index in [0.29, 0.717) is 11.1 Å². The molecule has 0 aromatic heterocycles. The summed E-state index contributed by atoms with van der Waals surface area (Å²) in [6, 6.07) is 10.7. The highest BCUT2D eigenvalue weighted by Crippen LogP contribution is 2.32. The van der Waals surface area contributed by atoms with E-state index in [0.717, 1.165) is 24.2 Å². The first-order valence-corrected chi connectivity index (χ1v) is 8.32. The monoisotopic (exact) mass is 315 g/mol. The van der Waals surface area contributed by atoms with Gasteiger partial charge >= 0.3 is 0 Å². The Balaban J connectivity index is 2.04. The van der Waals surface area contributed by atoms with E-state index in [4.69, 9.17) is 0 Å².